The number of hydrogen-bond donors (Lipinski definition) is 6. The molecule has 7 N–H and O–H groups in total. The molecule has 0 aliphatic carbocycles. The van der Waals surface area contributed by atoms with E-state index in [-0.39, 0.29) is 18.2 Å². The van der Waals surface area contributed by atoms with Crippen LogP contribution >= 0.6 is 0 Å². The number of rotatable bonds is 11. The van der Waals surface area contributed by atoms with Crippen molar-refractivity contribution in [3.8, 4) is 0 Å². The second-order valence-corrected chi connectivity index (χ2v) is 8.02. The van der Waals surface area contributed by atoms with Gasteiger partial charge < -0.3 is 36.6 Å². The molecule has 12 nitrogen and oxygen atoms in total. The number of hydrogen-bond acceptors (Lipinski definition) is 7. The van der Waals surface area contributed by atoms with Gasteiger partial charge in [0, 0.05) is 13.0 Å². The van der Waals surface area contributed by atoms with Crippen molar-refractivity contribution in [1.29, 1.82) is 0 Å². The molecule has 0 aromatic rings. The second-order valence-electron chi connectivity index (χ2n) is 8.02. The smallest absolute Gasteiger partial charge is 0.328 e. The summed E-state index contributed by atoms with van der Waals surface area (Å²) in [7, 11) is 0. The number of nitrogens with two attached hydrogens (primary N) is 1. The van der Waals surface area contributed by atoms with Gasteiger partial charge in [0.1, 0.15) is 12.1 Å². The number of nitrogens with zero attached hydrogens (tertiary/aromatic N) is 1. The largest absolute Gasteiger partial charge is 0.481 e. The highest BCUT2D eigenvalue weighted by Crippen LogP contribution is 2.20. The first kappa shape index (κ1) is 26.3. The van der Waals surface area contributed by atoms with Crippen molar-refractivity contribution in [3.05, 3.63) is 0 Å². The van der Waals surface area contributed by atoms with Gasteiger partial charge in [-0.1, -0.05) is 13.8 Å². The summed E-state index contributed by atoms with van der Waals surface area (Å²) in [5, 5.41) is 32.1. The Hall–Kier alpha value is -2.73. The minimum Gasteiger partial charge on any atom is -0.481 e. The molecule has 3 amide bonds. The molecule has 0 aromatic heterocycles. The Morgan fingerprint density at radius 3 is 2.19 bits per heavy atom. The number of carboxylic acid groups (broad SMARTS) is 2. The number of carbonyl (C=O) groups is 5. The van der Waals surface area contributed by atoms with Crippen LogP contribution in [-0.4, -0.2) is 86.7 Å². The molecule has 0 bridgehead atoms. The van der Waals surface area contributed by atoms with Gasteiger partial charge in [-0.3, -0.25) is 19.2 Å². The fraction of sp³-hybridized carbons (Fsp3) is 0.737. The average molecular weight is 444 g/mol. The van der Waals surface area contributed by atoms with E-state index in [2.05, 4.69) is 10.6 Å². The van der Waals surface area contributed by atoms with Crippen LogP contribution in [0.3, 0.4) is 0 Å². The third kappa shape index (κ3) is 7.47. The van der Waals surface area contributed by atoms with Gasteiger partial charge in [-0.2, -0.15) is 0 Å². The molecule has 0 saturated carbocycles. The normalized spacial score (nSPS) is 19.9. The highest BCUT2D eigenvalue weighted by molar-refractivity contribution is 5.94. The van der Waals surface area contributed by atoms with Gasteiger partial charge in [0.25, 0.3) is 0 Å². The summed E-state index contributed by atoms with van der Waals surface area (Å²) in [5.74, 6) is -4.83. The van der Waals surface area contributed by atoms with E-state index in [1.807, 2.05) is 0 Å². The maximum Gasteiger partial charge on any atom is 0.328 e. The van der Waals surface area contributed by atoms with Crippen LogP contribution in [0.25, 0.3) is 0 Å². The Labute approximate surface area is 180 Å². The summed E-state index contributed by atoms with van der Waals surface area (Å²) in [6.45, 7) is 5.05. The first-order valence-corrected chi connectivity index (χ1v) is 10.2. The van der Waals surface area contributed by atoms with E-state index < -0.39 is 60.4 Å². The van der Waals surface area contributed by atoms with Crippen molar-refractivity contribution in [1.82, 2.24) is 15.5 Å². The summed E-state index contributed by atoms with van der Waals surface area (Å²) in [4.78, 5) is 61.5. The molecular formula is C19H32N4O8. The molecule has 31 heavy (non-hydrogen) atoms. The van der Waals surface area contributed by atoms with E-state index in [9.17, 15) is 29.1 Å². The number of likely N-dealkylation sites (tertiary alicyclic amines) is 1. The zero-order valence-electron chi connectivity index (χ0n) is 17.9. The van der Waals surface area contributed by atoms with E-state index in [0.29, 0.717) is 19.4 Å². The Morgan fingerprint density at radius 2 is 1.71 bits per heavy atom. The average Bonchev–Trinajstić information content (AvgIpc) is 3.16. The van der Waals surface area contributed by atoms with Gasteiger partial charge in [0.2, 0.25) is 17.7 Å². The molecule has 0 aromatic carbocycles. The van der Waals surface area contributed by atoms with Gasteiger partial charge >= 0.3 is 11.9 Å². The highest BCUT2D eigenvalue weighted by atomic mass is 16.4. The third-order valence-corrected chi connectivity index (χ3v) is 5.17. The zero-order valence-corrected chi connectivity index (χ0v) is 17.9. The molecule has 1 heterocycles. The number of carboxylic acids is 2. The molecule has 5 unspecified atom stereocenters. The number of amides is 3. The highest BCUT2D eigenvalue weighted by Gasteiger charge is 2.38. The van der Waals surface area contributed by atoms with Gasteiger partial charge in [-0.05, 0) is 32.1 Å². The van der Waals surface area contributed by atoms with E-state index >= 15 is 0 Å². The van der Waals surface area contributed by atoms with Crippen molar-refractivity contribution >= 4 is 29.7 Å². The van der Waals surface area contributed by atoms with Crippen LogP contribution in [-0.2, 0) is 24.0 Å². The van der Waals surface area contributed by atoms with Crippen molar-refractivity contribution in [2.75, 3.05) is 6.54 Å². The van der Waals surface area contributed by atoms with Crippen molar-refractivity contribution < 1.29 is 39.3 Å². The van der Waals surface area contributed by atoms with Crippen LogP contribution in [0, 0.1) is 5.92 Å². The van der Waals surface area contributed by atoms with Crippen molar-refractivity contribution in [3.63, 3.8) is 0 Å². The number of carbonyl (C=O) groups excluding carboxylic acids is 3. The number of aliphatic carboxylic acids is 2. The van der Waals surface area contributed by atoms with Crippen LogP contribution in [0.4, 0.5) is 0 Å². The summed E-state index contributed by atoms with van der Waals surface area (Å²) in [6, 6.07) is -4.66. The third-order valence-electron chi connectivity index (χ3n) is 5.17. The van der Waals surface area contributed by atoms with E-state index in [0.717, 1.165) is 0 Å². The summed E-state index contributed by atoms with van der Waals surface area (Å²) in [5.41, 5.74) is 5.91. The SMILES string of the molecule is CC(C)C(N)C(=O)N1CCCC1C(=O)NC(CCC(=O)O)C(=O)NC(C(=O)O)C(C)O. The standard InChI is InChI=1S/C19H32N4O8/c1-9(2)14(20)18(29)23-8-4-5-12(23)17(28)21-11(6-7-13(25)26)16(27)22-15(10(3)24)19(30)31/h9-12,14-15,24H,4-8,20H2,1-3H3,(H,21,28)(H,22,27)(H,25,26)(H,30,31). The van der Waals surface area contributed by atoms with E-state index in [4.69, 9.17) is 15.9 Å². The summed E-state index contributed by atoms with van der Waals surface area (Å²) in [6.07, 6.45) is -1.27. The molecule has 1 aliphatic rings. The van der Waals surface area contributed by atoms with Gasteiger partial charge in [0.15, 0.2) is 6.04 Å². The fourth-order valence-electron chi connectivity index (χ4n) is 3.23. The van der Waals surface area contributed by atoms with Crippen LogP contribution in [0.15, 0.2) is 0 Å². The Kier molecular flexibility index (Phi) is 9.85. The first-order valence-electron chi connectivity index (χ1n) is 10.2. The second kappa shape index (κ2) is 11.6. The molecule has 1 aliphatic heterocycles. The lowest BCUT2D eigenvalue weighted by molar-refractivity contribution is -0.146. The summed E-state index contributed by atoms with van der Waals surface area (Å²) >= 11 is 0. The molecule has 1 saturated heterocycles. The number of aliphatic hydroxyl groups excluding tert-OH is 1. The van der Waals surface area contributed by atoms with Gasteiger partial charge in [-0.25, -0.2) is 4.79 Å². The predicted molar refractivity (Wildman–Crippen MR) is 108 cm³/mol. The monoisotopic (exact) mass is 444 g/mol. The molecular weight excluding hydrogens is 412 g/mol. The molecule has 1 fully saturated rings. The maximum atomic E-state index is 12.8. The Balaban J connectivity index is 2.96. The first-order chi connectivity index (χ1) is 14.4. The van der Waals surface area contributed by atoms with Crippen LogP contribution in [0.5, 0.6) is 0 Å². The topological polar surface area (TPSA) is 199 Å². The van der Waals surface area contributed by atoms with Crippen LogP contribution in [0.2, 0.25) is 0 Å². The molecule has 5 atom stereocenters. The number of aliphatic hydroxyl groups is 1. The maximum absolute atomic E-state index is 12.8. The predicted octanol–water partition coefficient (Wildman–Crippen LogP) is -1.74. The molecule has 0 radical (unpaired) electrons. The van der Waals surface area contributed by atoms with Crippen molar-refractivity contribution in [2.24, 2.45) is 11.7 Å². The van der Waals surface area contributed by atoms with Gasteiger partial charge in [0.05, 0.1) is 12.1 Å². The molecule has 12 heteroatoms. The van der Waals surface area contributed by atoms with E-state index in [1.54, 1.807) is 13.8 Å². The van der Waals surface area contributed by atoms with Crippen LogP contribution < -0.4 is 16.4 Å². The van der Waals surface area contributed by atoms with Crippen molar-refractivity contribution in [2.45, 2.75) is 76.7 Å². The Bertz CT molecular complexity index is 696. The minimum atomic E-state index is -1.63. The number of nitrogens with one attached hydrogen (secondary N) is 2. The fourth-order valence-corrected chi connectivity index (χ4v) is 3.23. The zero-order chi connectivity index (χ0) is 23.9. The Morgan fingerprint density at radius 1 is 1.10 bits per heavy atom. The lowest BCUT2D eigenvalue weighted by Gasteiger charge is -2.29. The van der Waals surface area contributed by atoms with Gasteiger partial charge in [-0.15, -0.1) is 0 Å². The van der Waals surface area contributed by atoms with E-state index in [1.165, 1.54) is 11.8 Å². The molecule has 1 rings (SSSR count). The summed E-state index contributed by atoms with van der Waals surface area (Å²) < 4.78 is 0. The lowest BCUT2D eigenvalue weighted by Crippen LogP contribution is -2.58. The molecule has 0 spiro atoms. The lowest BCUT2D eigenvalue weighted by atomic mass is 10.0. The minimum absolute atomic E-state index is 0.140. The van der Waals surface area contributed by atoms with Crippen LogP contribution in [0.1, 0.15) is 46.5 Å². The molecule has 176 valence electrons. The quantitative estimate of drug-likeness (QED) is 0.214.